The number of hydrogen-bond acceptors (Lipinski definition) is 3. The number of benzene rings is 2. The molecule has 0 spiro atoms. The lowest BCUT2D eigenvalue weighted by molar-refractivity contribution is 0.242. The van der Waals surface area contributed by atoms with Crippen LogP contribution in [0.3, 0.4) is 0 Å². The largest absolute Gasteiger partial charge is 0.492 e. The highest BCUT2D eigenvalue weighted by Gasteiger charge is 2.11. The van der Waals surface area contributed by atoms with E-state index >= 15 is 0 Å². The summed E-state index contributed by atoms with van der Waals surface area (Å²) in [5, 5.41) is 2.38. The molecule has 0 fully saturated rings. The molecule has 0 aromatic heterocycles. The van der Waals surface area contributed by atoms with Crippen LogP contribution >= 0.6 is 11.6 Å². The molecule has 3 nitrogen and oxygen atoms in total. The maximum atomic E-state index is 6.15. The fraction of sp³-hybridized carbons (Fsp3) is 0.524. The van der Waals surface area contributed by atoms with Crippen LogP contribution < -0.4 is 14.2 Å². The van der Waals surface area contributed by atoms with Crippen LogP contribution in [0.1, 0.15) is 46.5 Å². The van der Waals surface area contributed by atoms with Gasteiger partial charge in [-0.3, -0.25) is 0 Å². The maximum absolute atomic E-state index is 6.15. The average molecular weight is 365 g/mol. The van der Waals surface area contributed by atoms with Crippen molar-refractivity contribution in [3.05, 3.63) is 30.3 Å². The Bertz CT molecular complexity index is 669. The van der Waals surface area contributed by atoms with Crippen molar-refractivity contribution < 1.29 is 14.2 Å². The second-order valence-electron chi connectivity index (χ2n) is 6.50. The van der Waals surface area contributed by atoms with Gasteiger partial charge in [-0.15, -0.1) is 11.6 Å². The Morgan fingerprint density at radius 2 is 1.88 bits per heavy atom. The summed E-state index contributed by atoms with van der Waals surface area (Å²) in [6.45, 7) is 6.83. The third kappa shape index (κ3) is 5.71. The molecule has 0 amide bonds. The van der Waals surface area contributed by atoms with E-state index in [-0.39, 0.29) is 11.5 Å². The molecule has 0 aliphatic rings. The quantitative estimate of drug-likeness (QED) is 0.371. The highest BCUT2D eigenvalue weighted by atomic mass is 35.5. The van der Waals surface area contributed by atoms with Gasteiger partial charge in [-0.25, -0.2) is 0 Å². The first-order chi connectivity index (χ1) is 12.0. The van der Waals surface area contributed by atoms with Crippen molar-refractivity contribution in [2.45, 2.75) is 57.9 Å². The van der Waals surface area contributed by atoms with Gasteiger partial charge in [0.25, 0.3) is 0 Å². The predicted octanol–water partition coefficient (Wildman–Crippen LogP) is 6.20. The fourth-order valence-electron chi connectivity index (χ4n) is 2.78. The van der Waals surface area contributed by atoms with Crippen LogP contribution in [0.15, 0.2) is 30.3 Å². The van der Waals surface area contributed by atoms with Gasteiger partial charge < -0.3 is 14.2 Å². The molecule has 1 atom stereocenters. The average Bonchev–Trinajstić information content (AvgIpc) is 2.60. The van der Waals surface area contributed by atoms with Gasteiger partial charge in [-0.1, -0.05) is 13.0 Å². The third-order valence-corrected chi connectivity index (χ3v) is 4.62. The lowest BCUT2D eigenvalue weighted by Crippen LogP contribution is -2.05. The number of unbranched alkanes of at least 4 members (excludes halogenated alkanes) is 1. The molecule has 4 heteroatoms. The van der Waals surface area contributed by atoms with E-state index in [1.165, 1.54) is 0 Å². The number of ether oxygens (including phenoxy) is 3. The topological polar surface area (TPSA) is 27.7 Å². The lowest BCUT2D eigenvalue weighted by Gasteiger charge is -2.15. The van der Waals surface area contributed by atoms with E-state index < -0.39 is 0 Å². The number of halogens is 1. The van der Waals surface area contributed by atoms with E-state index in [1.54, 1.807) is 7.11 Å². The number of methoxy groups -OCH3 is 1. The van der Waals surface area contributed by atoms with Crippen LogP contribution in [0.4, 0.5) is 0 Å². The third-order valence-electron chi connectivity index (χ3n) is 4.09. The lowest BCUT2D eigenvalue weighted by atomic mass is 10.1. The Morgan fingerprint density at radius 1 is 1.08 bits per heavy atom. The maximum Gasteiger partial charge on any atom is 0.168 e. The van der Waals surface area contributed by atoms with Crippen molar-refractivity contribution in [1.29, 1.82) is 0 Å². The van der Waals surface area contributed by atoms with Gasteiger partial charge in [0.2, 0.25) is 0 Å². The van der Waals surface area contributed by atoms with E-state index in [0.29, 0.717) is 6.61 Å². The smallest absolute Gasteiger partial charge is 0.168 e. The minimum Gasteiger partial charge on any atom is -0.492 e. The molecule has 0 radical (unpaired) electrons. The normalized spacial score (nSPS) is 12.4. The molecule has 0 N–H and O–H groups in total. The van der Waals surface area contributed by atoms with Crippen molar-refractivity contribution in [3.63, 3.8) is 0 Å². The van der Waals surface area contributed by atoms with Gasteiger partial charge in [0.1, 0.15) is 5.75 Å². The van der Waals surface area contributed by atoms with Crippen LogP contribution in [0.2, 0.25) is 0 Å². The van der Waals surface area contributed by atoms with Crippen molar-refractivity contribution in [1.82, 2.24) is 0 Å². The SMILES string of the molecule is CCC(Cl)CCCCOc1ccc2cc(OC(C)C)ccc2c1OC. The van der Waals surface area contributed by atoms with E-state index in [9.17, 15) is 0 Å². The van der Waals surface area contributed by atoms with Crippen molar-refractivity contribution in [2.75, 3.05) is 13.7 Å². The van der Waals surface area contributed by atoms with E-state index in [1.807, 2.05) is 44.2 Å². The fourth-order valence-corrected chi connectivity index (χ4v) is 2.94. The zero-order chi connectivity index (χ0) is 18.2. The monoisotopic (exact) mass is 364 g/mol. The standard InChI is InChI=1S/C21H29ClO3/c1-5-17(22)8-6-7-13-24-20-12-9-16-14-18(25-15(2)3)10-11-19(16)21(20)23-4/h9-12,14-15,17H,5-8,13H2,1-4H3. The van der Waals surface area contributed by atoms with Gasteiger partial charge in [0, 0.05) is 10.8 Å². The Kier molecular flexibility index (Phi) is 7.70. The Labute approximate surface area is 156 Å². The number of hydrogen-bond donors (Lipinski definition) is 0. The molecule has 2 rings (SSSR count). The summed E-state index contributed by atoms with van der Waals surface area (Å²) in [5.41, 5.74) is 0. The molecule has 2 aromatic carbocycles. The Hall–Kier alpha value is -1.61. The Balaban J connectivity index is 2.05. The van der Waals surface area contributed by atoms with Crippen LogP contribution in [-0.2, 0) is 0 Å². The van der Waals surface area contributed by atoms with E-state index in [2.05, 4.69) is 6.92 Å². The molecule has 0 bridgehead atoms. The minimum absolute atomic E-state index is 0.155. The van der Waals surface area contributed by atoms with Gasteiger partial charge in [-0.05, 0) is 69.2 Å². The van der Waals surface area contributed by atoms with Crippen molar-refractivity contribution in [2.24, 2.45) is 0 Å². The minimum atomic E-state index is 0.155. The van der Waals surface area contributed by atoms with Gasteiger partial charge in [-0.2, -0.15) is 0 Å². The summed E-state index contributed by atoms with van der Waals surface area (Å²) in [4.78, 5) is 0. The molecule has 0 aliphatic heterocycles. The summed E-state index contributed by atoms with van der Waals surface area (Å²) in [5.74, 6) is 2.42. The zero-order valence-electron chi connectivity index (χ0n) is 15.7. The molecule has 0 saturated carbocycles. The number of fused-ring (bicyclic) bond motifs is 1. The molecular formula is C21H29ClO3. The molecule has 1 unspecified atom stereocenters. The van der Waals surface area contributed by atoms with Crippen molar-refractivity contribution in [3.8, 4) is 17.2 Å². The Morgan fingerprint density at radius 3 is 2.56 bits per heavy atom. The zero-order valence-corrected chi connectivity index (χ0v) is 16.4. The van der Waals surface area contributed by atoms with Crippen LogP contribution in [0, 0.1) is 0 Å². The molecule has 0 saturated heterocycles. The predicted molar refractivity (Wildman–Crippen MR) is 106 cm³/mol. The van der Waals surface area contributed by atoms with Gasteiger partial charge in [0.15, 0.2) is 11.5 Å². The first kappa shape index (κ1) is 19.7. The molecule has 0 heterocycles. The molecular weight excluding hydrogens is 336 g/mol. The first-order valence-electron chi connectivity index (χ1n) is 9.09. The second kappa shape index (κ2) is 9.76. The highest BCUT2D eigenvalue weighted by Crippen LogP contribution is 2.37. The molecule has 2 aromatic rings. The summed E-state index contributed by atoms with van der Waals surface area (Å²) in [6.07, 6.45) is 4.28. The van der Waals surface area contributed by atoms with E-state index in [4.69, 9.17) is 25.8 Å². The molecule has 0 aliphatic carbocycles. The van der Waals surface area contributed by atoms with E-state index in [0.717, 1.165) is 53.7 Å². The number of alkyl halides is 1. The first-order valence-corrected chi connectivity index (χ1v) is 9.53. The number of rotatable bonds is 10. The van der Waals surface area contributed by atoms with Crippen molar-refractivity contribution >= 4 is 22.4 Å². The van der Waals surface area contributed by atoms with Crippen LogP contribution in [0.25, 0.3) is 10.8 Å². The van der Waals surface area contributed by atoms with Crippen LogP contribution in [-0.4, -0.2) is 25.2 Å². The highest BCUT2D eigenvalue weighted by molar-refractivity contribution is 6.20. The van der Waals surface area contributed by atoms with Gasteiger partial charge in [0.05, 0.1) is 19.8 Å². The summed E-state index contributed by atoms with van der Waals surface area (Å²) in [7, 11) is 1.68. The molecule has 25 heavy (non-hydrogen) atoms. The van der Waals surface area contributed by atoms with Gasteiger partial charge >= 0.3 is 0 Å². The summed E-state index contributed by atoms with van der Waals surface area (Å²) < 4.78 is 17.3. The second-order valence-corrected chi connectivity index (χ2v) is 7.11. The summed E-state index contributed by atoms with van der Waals surface area (Å²) >= 11 is 6.15. The molecule has 138 valence electrons. The summed E-state index contributed by atoms with van der Waals surface area (Å²) in [6, 6.07) is 10.0. The van der Waals surface area contributed by atoms with Crippen LogP contribution in [0.5, 0.6) is 17.2 Å².